The van der Waals surface area contributed by atoms with Crippen molar-refractivity contribution in [3.8, 4) is 17.1 Å². The topological polar surface area (TPSA) is 77.2 Å². The second kappa shape index (κ2) is 8.33. The van der Waals surface area contributed by atoms with Gasteiger partial charge in [-0.25, -0.2) is 0 Å². The number of nitrogens with zero attached hydrogens (tertiary/aromatic N) is 2. The second-order valence-corrected chi connectivity index (χ2v) is 6.72. The van der Waals surface area contributed by atoms with Crippen LogP contribution in [0.1, 0.15) is 12.8 Å². The number of aromatic nitrogens is 2. The van der Waals surface area contributed by atoms with E-state index in [2.05, 4.69) is 31.4 Å². The summed E-state index contributed by atoms with van der Waals surface area (Å²) in [5.41, 5.74) is 0.779. The molecule has 0 aliphatic heterocycles. The minimum atomic E-state index is -0.674. The number of benzene rings is 2. The van der Waals surface area contributed by atoms with Gasteiger partial charge in [0.25, 0.3) is 5.91 Å². The van der Waals surface area contributed by atoms with Crippen LogP contribution in [0.4, 0.5) is 0 Å². The van der Waals surface area contributed by atoms with Crippen molar-refractivity contribution in [3.05, 3.63) is 63.9 Å². The van der Waals surface area contributed by atoms with Crippen LogP contribution in [0.3, 0.4) is 0 Å². The van der Waals surface area contributed by atoms with Crippen LogP contribution >= 0.6 is 27.5 Å². The average molecular weight is 437 g/mol. The molecule has 134 valence electrons. The van der Waals surface area contributed by atoms with Gasteiger partial charge in [-0.15, -0.1) is 0 Å². The fourth-order valence-electron chi connectivity index (χ4n) is 2.13. The van der Waals surface area contributed by atoms with Crippen LogP contribution < -0.4 is 10.1 Å². The fraction of sp³-hybridized carbons (Fsp3) is 0.167. The summed E-state index contributed by atoms with van der Waals surface area (Å²) in [6, 6.07) is 14.4. The molecule has 0 aliphatic rings. The summed E-state index contributed by atoms with van der Waals surface area (Å²) >= 11 is 9.24. The van der Waals surface area contributed by atoms with Gasteiger partial charge in [0.05, 0.1) is 11.0 Å². The second-order valence-electron chi connectivity index (χ2n) is 5.43. The van der Waals surface area contributed by atoms with E-state index in [0.717, 1.165) is 10.0 Å². The Morgan fingerprint density at radius 2 is 2.00 bits per heavy atom. The molecular formula is C18H15BrClN3O3. The van der Waals surface area contributed by atoms with Crippen molar-refractivity contribution < 1.29 is 14.1 Å². The van der Waals surface area contributed by atoms with Gasteiger partial charge in [-0.1, -0.05) is 28.9 Å². The summed E-state index contributed by atoms with van der Waals surface area (Å²) in [4.78, 5) is 16.4. The smallest absolute Gasteiger partial charge is 0.261 e. The Hall–Kier alpha value is -2.38. The van der Waals surface area contributed by atoms with E-state index >= 15 is 0 Å². The average Bonchev–Trinajstić information content (AvgIpc) is 3.11. The molecule has 1 amide bonds. The standard InChI is InChI=1S/C18H15BrClN3O3/c1-11(25-15-5-3-2-4-14(15)19)18(24)21-10-16-22-17(23-26-16)12-6-8-13(20)9-7-12/h2-9,11H,10H2,1H3,(H,21,24). The van der Waals surface area contributed by atoms with Crippen LogP contribution in [0.2, 0.25) is 5.02 Å². The quantitative estimate of drug-likeness (QED) is 0.625. The highest BCUT2D eigenvalue weighted by Gasteiger charge is 2.17. The van der Waals surface area contributed by atoms with Crippen molar-refractivity contribution in [1.82, 2.24) is 15.5 Å². The number of para-hydroxylation sites is 1. The maximum absolute atomic E-state index is 12.2. The normalized spacial score (nSPS) is 11.8. The minimum absolute atomic E-state index is 0.114. The molecular weight excluding hydrogens is 422 g/mol. The van der Waals surface area contributed by atoms with Gasteiger partial charge in [-0.05, 0) is 59.3 Å². The van der Waals surface area contributed by atoms with E-state index in [1.165, 1.54) is 0 Å². The molecule has 3 rings (SSSR count). The highest BCUT2D eigenvalue weighted by molar-refractivity contribution is 9.10. The Morgan fingerprint density at radius 3 is 2.73 bits per heavy atom. The summed E-state index contributed by atoms with van der Waals surface area (Å²) in [5.74, 6) is 1.05. The van der Waals surface area contributed by atoms with Crippen LogP contribution in [-0.2, 0) is 11.3 Å². The maximum Gasteiger partial charge on any atom is 0.261 e. The summed E-state index contributed by atoms with van der Waals surface area (Å²) in [6.45, 7) is 1.78. The summed E-state index contributed by atoms with van der Waals surface area (Å²) in [7, 11) is 0. The lowest BCUT2D eigenvalue weighted by Crippen LogP contribution is -2.36. The van der Waals surface area contributed by atoms with Gasteiger partial charge in [0, 0.05) is 10.6 Å². The van der Waals surface area contributed by atoms with Crippen LogP contribution in [0, 0.1) is 0 Å². The van der Waals surface area contributed by atoms with Gasteiger partial charge in [0.15, 0.2) is 6.10 Å². The number of nitrogens with one attached hydrogen (secondary N) is 1. The van der Waals surface area contributed by atoms with Crippen molar-refractivity contribution in [2.45, 2.75) is 19.6 Å². The summed E-state index contributed by atoms with van der Waals surface area (Å²) < 4.78 is 11.6. The third kappa shape index (κ3) is 4.62. The van der Waals surface area contributed by atoms with E-state index in [-0.39, 0.29) is 12.5 Å². The molecule has 1 N–H and O–H groups in total. The van der Waals surface area contributed by atoms with E-state index in [4.69, 9.17) is 20.9 Å². The number of ether oxygens (including phenoxy) is 1. The molecule has 2 aromatic carbocycles. The molecule has 0 saturated heterocycles. The number of hydrogen-bond acceptors (Lipinski definition) is 5. The molecule has 1 heterocycles. The lowest BCUT2D eigenvalue weighted by Gasteiger charge is -2.14. The molecule has 0 fully saturated rings. The number of carbonyl (C=O) groups excluding carboxylic acids is 1. The fourth-order valence-corrected chi connectivity index (χ4v) is 2.64. The number of carbonyl (C=O) groups is 1. The van der Waals surface area contributed by atoms with E-state index < -0.39 is 6.10 Å². The Morgan fingerprint density at radius 1 is 1.27 bits per heavy atom. The van der Waals surface area contributed by atoms with Crippen LogP contribution in [0.25, 0.3) is 11.4 Å². The van der Waals surface area contributed by atoms with Crippen molar-refractivity contribution >= 4 is 33.4 Å². The lowest BCUT2D eigenvalue weighted by molar-refractivity contribution is -0.127. The molecule has 0 aliphatic carbocycles. The zero-order valence-electron chi connectivity index (χ0n) is 13.8. The largest absolute Gasteiger partial charge is 0.480 e. The molecule has 26 heavy (non-hydrogen) atoms. The van der Waals surface area contributed by atoms with Gasteiger partial charge in [-0.3, -0.25) is 4.79 Å². The van der Waals surface area contributed by atoms with Gasteiger partial charge < -0.3 is 14.6 Å². The third-order valence-electron chi connectivity index (χ3n) is 3.49. The van der Waals surface area contributed by atoms with E-state index in [9.17, 15) is 4.79 Å². The zero-order chi connectivity index (χ0) is 18.5. The number of hydrogen-bond donors (Lipinski definition) is 1. The first-order chi connectivity index (χ1) is 12.5. The van der Waals surface area contributed by atoms with Gasteiger partial charge in [0.2, 0.25) is 11.7 Å². The Balaban J connectivity index is 1.56. The van der Waals surface area contributed by atoms with Gasteiger partial charge in [-0.2, -0.15) is 4.98 Å². The van der Waals surface area contributed by atoms with Crippen LogP contribution in [0.5, 0.6) is 5.75 Å². The maximum atomic E-state index is 12.2. The number of amides is 1. The molecule has 6 nitrogen and oxygen atoms in total. The molecule has 1 atom stereocenters. The molecule has 0 spiro atoms. The predicted octanol–water partition coefficient (Wildman–Crippen LogP) is 4.24. The molecule has 1 unspecified atom stereocenters. The van der Waals surface area contributed by atoms with Crippen molar-refractivity contribution in [3.63, 3.8) is 0 Å². The highest BCUT2D eigenvalue weighted by Crippen LogP contribution is 2.24. The zero-order valence-corrected chi connectivity index (χ0v) is 16.1. The molecule has 8 heteroatoms. The van der Waals surface area contributed by atoms with Crippen molar-refractivity contribution in [1.29, 1.82) is 0 Å². The number of rotatable bonds is 6. The summed E-state index contributed by atoms with van der Waals surface area (Å²) in [5, 5.41) is 7.24. The lowest BCUT2D eigenvalue weighted by atomic mass is 10.2. The first-order valence-corrected chi connectivity index (χ1v) is 8.97. The Bertz CT molecular complexity index is 899. The highest BCUT2D eigenvalue weighted by atomic mass is 79.9. The van der Waals surface area contributed by atoms with E-state index in [1.54, 1.807) is 37.3 Å². The third-order valence-corrected chi connectivity index (χ3v) is 4.40. The molecule has 1 aromatic heterocycles. The van der Waals surface area contributed by atoms with Gasteiger partial charge >= 0.3 is 0 Å². The summed E-state index contributed by atoms with van der Waals surface area (Å²) in [6.07, 6.45) is -0.674. The molecule has 0 radical (unpaired) electrons. The Labute approximate surface area is 163 Å². The van der Waals surface area contributed by atoms with E-state index in [0.29, 0.717) is 22.5 Å². The number of halogens is 2. The monoisotopic (exact) mass is 435 g/mol. The van der Waals surface area contributed by atoms with Crippen molar-refractivity contribution in [2.75, 3.05) is 0 Å². The van der Waals surface area contributed by atoms with Crippen LogP contribution in [0.15, 0.2) is 57.5 Å². The molecule has 0 bridgehead atoms. The van der Waals surface area contributed by atoms with E-state index in [1.807, 2.05) is 18.2 Å². The Kier molecular flexibility index (Phi) is 5.90. The van der Waals surface area contributed by atoms with Crippen molar-refractivity contribution in [2.24, 2.45) is 0 Å². The first kappa shape index (κ1) is 18.4. The van der Waals surface area contributed by atoms with Crippen LogP contribution in [-0.4, -0.2) is 22.2 Å². The SMILES string of the molecule is CC(Oc1ccccc1Br)C(=O)NCc1nc(-c2ccc(Cl)cc2)no1. The molecule has 0 saturated carbocycles. The predicted molar refractivity (Wildman–Crippen MR) is 101 cm³/mol. The minimum Gasteiger partial charge on any atom is -0.480 e. The first-order valence-electron chi connectivity index (χ1n) is 7.80. The van der Waals surface area contributed by atoms with Gasteiger partial charge in [0.1, 0.15) is 5.75 Å². The molecule has 3 aromatic rings.